The first-order chi connectivity index (χ1) is 16.7. The molecule has 0 aliphatic rings. The van der Waals surface area contributed by atoms with Crippen LogP contribution in [0.4, 0.5) is 18.0 Å². The average molecular weight is 488 g/mol. The first-order valence-electron chi connectivity index (χ1n) is 10.5. The molecule has 1 heterocycles. The summed E-state index contributed by atoms with van der Waals surface area (Å²) in [5, 5.41) is 13.4. The Morgan fingerprint density at radius 2 is 1.89 bits per heavy atom. The maximum atomic E-state index is 14.8. The lowest BCUT2D eigenvalue weighted by Gasteiger charge is -2.22. The molecule has 3 amide bonds. The highest BCUT2D eigenvalue weighted by molar-refractivity contribution is 5.94. The van der Waals surface area contributed by atoms with Crippen LogP contribution in [-0.2, 0) is 11.3 Å². The van der Waals surface area contributed by atoms with Crippen LogP contribution in [0.2, 0.25) is 0 Å². The zero-order valence-electron chi connectivity index (χ0n) is 18.9. The minimum absolute atomic E-state index is 0.0753. The fraction of sp³-hybridized carbons (Fsp3) is 0.208. The number of rotatable bonds is 7. The van der Waals surface area contributed by atoms with Gasteiger partial charge in [-0.3, -0.25) is 15.2 Å². The monoisotopic (exact) mass is 488 g/mol. The lowest BCUT2D eigenvalue weighted by atomic mass is 9.97. The molecule has 184 valence electrons. The predicted molar refractivity (Wildman–Crippen MR) is 120 cm³/mol. The van der Waals surface area contributed by atoms with Crippen molar-refractivity contribution in [3.8, 4) is 11.1 Å². The molecule has 0 spiro atoms. The Bertz CT molecular complexity index is 1230. The molecule has 0 aliphatic carbocycles. The van der Waals surface area contributed by atoms with Gasteiger partial charge >= 0.3 is 6.03 Å². The number of aliphatic hydroxyl groups is 1. The fourth-order valence-electron chi connectivity index (χ4n) is 3.28. The van der Waals surface area contributed by atoms with Gasteiger partial charge < -0.3 is 15.2 Å². The molecular formula is C24H23F3N4O4. The summed E-state index contributed by atoms with van der Waals surface area (Å²) < 4.78 is 47.1. The molecule has 8 nitrogen and oxygen atoms in total. The minimum Gasteiger partial charge on any atom is -0.364 e. The lowest BCUT2D eigenvalue weighted by Crippen LogP contribution is -2.50. The van der Waals surface area contributed by atoms with Crippen molar-refractivity contribution in [2.45, 2.75) is 19.8 Å². The average Bonchev–Trinajstić information content (AvgIpc) is 2.85. The Hall–Kier alpha value is -3.96. The molecule has 3 N–H and O–H groups in total. The van der Waals surface area contributed by atoms with Crippen molar-refractivity contribution < 1.29 is 32.6 Å². The van der Waals surface area contributed by atoms with Crippen LogP contribution in [0.3, 0.4) is 0 Å². The number of urea groups is 1. The molecule has 0 bridgehead atoms. The summed E-state index contributed by atoms with van der Waals surface area (Å²) in [7, 11) is 1.21. The Labute approximate surface area is 199 Å². The highest BCUT2D eigenvalue weighted by Gasteiger charge is 2.20. The van der Waals surface area contributed by atoms with Crippen molar-refractivity contribution in [1.82, 2.24) is 20.7 Å². The zero-order chi connectivity index (χ0) is 25.5. The van der Waals surface area contributed by atoms with Crippen LogP contribution in [-0.4, -0.2) is 40.7 Å². The molecule has 0 saturated carbocycles. The SMILES string of the molecule is CCN(NC(=O)c1cncc(F)c1)C(=O)NCc1ccc(-c2cccc(F)c2C(O)OC)cc1F. The molecule has 11 heteroatoms. The van der Waals surface area contributed by atoms with Crippen molar-refractivity contribution in [2.75, 3.05) is 13.7 Å². The van der Waals surface area contributed by atoms with Gasteiger partial charge in [0.15, 0.2) is 6.29 Å². The third-order valence-electron chi connectivity index (χ3n) is 5.08. The van der Waals surface area contributed by atoms with Gasteiger partial charge in [0.1, 0.15) is 17.5 Å². The summed E-state index contributed by atoms with van der Waals surface area (Å²) in [6.45, 7) is 1.46. The number of halogens is 3. The molecule has 0 aliphatic heterocycles. The van der Waals surface area contributed by atoms with E-state index in [0.717, 1.165) is 35.6 Å². The molecule has 35 heavy (non-hydrogen) atoms. The smallest absolute Gasteiger partial charge is 0.336 e. The van der Waals surface area contributed by atoms with Crippen molar-refractivity contribution >= 4 is 11.9 Å². The maximum absolute atomic E-state index is 14.8. The van der Waals surface area contributed by atoms with Gasteiger partial charge in [-0.1, -0.05) is 24.3 Å². The highest BCUT2D eigenvalue weighted by atomic mass is 19.1. The third-order valence-corrected chi connectivity index (χ3v) is 5.08. The topological polar surface area (TPSA) is 104 Å². The summed E-state index contributed by atoms with van der Waals surface area (Å²) in [4.78, 5) is 28.3. The summed E-state index contributed by atoms with van der Waals surface area (Å²) in [5.74, 6) is -2.83. The number of pyridine rings is 1. The van der Waals surface area contributed by atoms with Crippen LogP contribution >= 0.6 is 0 Å². The Kier molecular flexibility index (Phi) is 8.39. The number of amides is 3. The lowest BCUT2D eigenvalue weighted by molar-refractivity contribution is -0.0786. The van der Waals surface area contributed by atoms with Crippen LogP contribution in [0, 0.1) is 17.5 Å². The number of carbonyl (C=O) groups is 2. The number of methoxy groups -OCH3 is 1. The Balaban J connectivity index is 1.70. The van der Waals surface area contributed by atoms with Crippen LogP contribution in [0.5, 0.6) is 0 Å². The fourth-order valence-corrected chi connectivity index (χ4v) is 3.28. The number of benzene rings is 2. The van der Waals surface area contributed by atoms with E-state index in [0.29, 0.717) is 5.56 Å². The molecule has 2 aromatic carbocycles. The van der Waals surface area contributed by atoms with Gasteiger partial charge in [0.2, 0.25) is 0 Å². The summed E-state index contributed by atoms with van der Waals surface area (Å²) in [6, 6.07) is 8.43. The molecule has 1 atom stereocenters. The molecule has 0 radical (unpaired) electrons. The first kappa shape index (κ1) is 25.7. The molecule has 0 fully saturated rings. The van der Waals surface area contributed by atoms with Crippen molar-refractivity contribution in [3.05, 3.63) is 89.0 Å². The quantitative estimate of drug-likeness (QED) is 0.348. The first-order valence-corrected chi connectivity index (χ1v) is 10.5. The van der Waals surface area contributed by atoms with Crippen LogP contribution < -0.4 is 10.7 Å². The second-order valence-electron chi connectivity index (χ2n) is 7.33. The van der Waals surface area contributed by atoms with E-state index in [9.17, 15) is 27.9 Å². The number of hydrogen-bond acceptors (Lipinski definition) is 5. The number of ether oxygens (including phenoxy) is 1. The molecule has 3 rings (SSSR count). The molecule has 3 aromatic rings. The number of aliphatic hydroxyl groups excluding tert-OH is 1. The number of carbonyl (C=O) groups excluding carboxylic acids is 2. The van der Waals surface area contributed by atoms with Gasteiger partial charge in [-0.15, -0.1) is 0 Å². The van der Waals surface area contributed by atoms with E-state index in [1.165, 1.54) is 31.4 Å². The van der Waals surface area contributed by atoms with E-state index in [2.05, 4.69) is 15.7 Å². The number of hydrogen-bond donors (Lipinski definition) is 3. The van der Waals surface area contributed by atoms with E-state index >= 15 is 0 Å². The van der Waals surface area contributed by atoms with E-state index < -0.39 is 35.7 Å². The van der Waals surface area contributed by atoms with E-state index in [4.69, 9.17) is 4.74 Å². The second kappa shape index (κ2) is 11.4. The van der Waals surface area contributed by atoms with Gasteiger partial charge in [0, 0.05) is 32.0 Å². The van der Waals surface area contributed by atoms with E-state index in [1.807, 2.05) is 0 Å². The van der Waals surface area contributed by atoms with Crippen molar-refractivity contribution in [3.63, 3.8) is 0 Å². The minimum atomic E-state index is -1.54. The molecule has 1 aromatic heterocycles. The van der Waals surface area contributed by atoms with Gasteiger partial charge in [-0.2, -0.15) is 0 Å². The zero-order valence-corrected chi connectivity index (χ0v) is 18.9. The van der Waals surface area contributed by atoms with E-state index in [-0.39, 0.29) is 35.3 Å². The summed E-state index contributed by atoms with van der Waals surface area (Å²) >= 11 is 0. The van der Waals surface area contributed by atoms with Crippen LogP contribution in [0.15, 0.2) is 54.9 Å². The summed E-state index contributed by atoms with van der Waals surface area (Å²) in [5.41, 5.74) is 2.81. The molecular weight excluding hydrogens is 465 g/mol. The van der Waals surface area contributed by atoms with Crippen molar-refractivity contribution in [1.29, 1.82) is 0 Å². The number of hydrazine groups is 1. The number of nitrogens with one attached hydrogen (secondary N) is 2. The molecule has 0 saturated heterocycles. The Morgan fingerprint density at radius 1 is 1.11 bits per heavy atom. The van der Waals surface area contributed by atoms with Crippen molar-refractivity contribution in [2.24, 2.45) is 0 Å². The van der Waals surface area contributed by atoms with Gasteiger partial charge in [0.05, 0.1) is 17.3 Å². The Morgan fingerprint density at radius 3 is 2.54 bits per heavy atom. The predicted octanol–water partition coefficient (Wildman–Crippen LogP) is 3.68. The normalized spacial score (nSPS) is 11.6. The van der Waals surface area contributed by atoms with Gasteiger partial charge in [-0.05, 0) is 36.2 Å². The third kappa shape index (κ3) is 6.14. The van der Waals surface area contributed by atoms with Gasteiger partial charge in [-0.25, -0.2) is 23.0 Å². The second-order valence-corrected chi connectivity index (χ2v) is 7.33. The largest absolute Gasteiger partial charge is 0.364 e. The van der Waals surface area contributed by atoms with Gasteiger partial charge in [0.25, 0.3) is 5.91 Å². The number of aromatic nitrogens is 1. The standard InChI is InChI=1S/C24H23F3N4O4/c1-3-31(30-22(32)16-9-17(25)13-28-11-16)24(34)29-12-15-8-7-14(10-20(15)27)18-5-4-6-19(26)21(18)23(33)35-2/h4-11,13,23,33H,3,12H2,1-2H3,(H,29,34)(H,30,32). The molecule has 1 unspecified atom stereocenters. The number of nitrogens with zero attached hydrogens (tertiary/aromatic N) is 2. The highest BCUT2D eigenvalue weighted by Crippen LogP contribution is 2.31. The van der Waals surface area contributed by atoms with Crippen LogP contribution in [0.1, 0.15) is 34.7 Å². The maximum Gasteiger partial charge on any atom is 0.336 e. The van der Waals surface area contributed by atoms with Crippen LogP contribution in [0.25, 0.3) is 11.1 Å². The summed E-state index contributed by atoms with van der Waals surface area (Å²) in [6.07, 6.45) is 0.554. The van der Waals surface area contributed by atoms with E-state index in [1.54, 1.807) is 6.92 Å².